The Morgan fingerprint density at radius 2 is 2.06 bits per heavy atom. The SMILES string of the molecule is CCCCOC(=O)[C@@H]1O[C@]1(CC)c1ccccc1. The lowest BCUT2D eigenvalue weighted by Gasteiger charge is -2.10. The predicted molar refractivity (Wildman–Crippen MR) is 69.2 cm³/mol. The van der Waals surface area contributed by atoms with Crippen LogP contribution in [-0.2, 0) is 19.9 Å². The van der Waals surface area contributed by atoms with Gasteiger partial charge in [0.25, 0.3) is 0 Å². The first kappa shape index (κ1) is 13.1. The minimum absolute atomic E-state index is 0.228. The van der Waals surface area contributed by atoms with Crippen LogP contribution < -0.4 is 0 Å². The lowest BCUT2D eigenvalue weighted by molar-refractivity contribution is -0.145. The van der Waals surface area contributed by atoms with Crippen molar-refractivity contribution in [2.24, 2.45) is 0 Å². The van der Waals surface area contributed by atoms with E-state index in [0.717, 1.165) is 24.8 Å². The van der Waals surface area contributed by atoms with Crippen LogP contribution in [0.1, 0.15) is 38.7 Å². The van der Waals surface area contributed by atoms with Crippen molar-refractivity contribution in [3.63, 3.8) is 0 Å². The summed E-state index contributed by atoms with van der Waals surface area (Å²) in [5.41, 5.74) is 0.606. The molecule has 0 aromatic heterocycles. The van der Waals surface area contributed by atoms with Gasteiger partial charge in [0.15, 0.2) is 6.10 Å². The molecule has 3 heteroatoms. The summed E-state index contributed by atoms with van der Waals surface area (Å²) >= 11 is 0. The summed E-state index contributed by atoms with van der Waals surface area (Å²) < 4.78 is 10.9. The van der Waals surface area contributed by atoms with Crippen LogP contribution in [-0.4, -0.2) is 18.7 Å². The van der Waals surface area contributed by atoms with Crippen LogP contribution in [0.2, 0.25) is 0 Å². The monoisotopic (exact) mass is 248 g/mol. The Bertz CT molecular complexity index is 401. The summed E-state index contributed by atoms with van der Waals surface area (Å²) in [5, 5.41) is 0. The number of epoxide rings is 1. The summed E-state index contributed by atoms with van der Waals surface area (Å²) in [7, 11) is 0. The van der Waals surface area contributed by atoms with Crippen LogP contribution in [0.4, 0.5) is 0 Å². The molecule has 1 aromatic rings. The first-order valence-electron chi connectivity index (χ1n) is 6.64. The van der Waals surface area contributed by atoms with Gasteiger partial charge in [-0.1, -0.05) is 50.6 Å². The Morgan fingerprint density at radius 3 is 2.67 bits per heavy atom. The van der Waals surface area contributed by atoms with E-state index < -0.39 is 11.7 Å². The quantitative estimate of drug-likeness (QED) is 0.441. The molecule has 1 aliphatic heterocycles. The molecular weight excluding hydrogens is 228 g/mol. The van der Waals surface area contributed by atoms with Crippen molar-refractivity contribution in [2.45, 2.75) is 44.8 Å². The highest BCUT2D eigenvalue weighted by Gasteiger charge is 2.61. The molecule has 0 radical (unpaired) electrons. The van der Waals surface area contributed by atoms with Crippen LogP contribution in [0.5, 0.6) is 0 Å². The molecule has 1 aromatic carbocycles. The van der Waals surface area contributed by atoms with Crippen molar-refractivity contribution in [3.8, 4) is 0 Å². The number of esters is 1. The zero-order valence-electron chi connectivity index (χ0n) is 11.0. The van der Waals surface area contributed by atoms with E-state index in [1.807, 2.05) is 37.3 Å². The normalized spacial score (nSPS) is 25.8. The summed E-state index contributed by atoms with van der Waals surface area (Å²) in [6.07, 6.45) is 2.28. The van der Waals surface area contributed by atoms with Gasteiger partial charge in [-0.25, -0.2) is 4.79 Å². The molecule has 1 fully saturated rings. The third-order valence-corrected chi connectivity index (χ3v) is 3.44. The number of benzene rings is 1. The second-order valence-corrected chi connectivity index (χ2v) is 4.63. The first-order chi connectivity index (χ1) is 8.74. The average molecular weight is 248 g/mol. The van der Waals surface area contributed by atoms with E-state index >= 15 is 0 Å². The van der Waals surface area contributed by atoms with Crippen LogP contribution in [0.15, 0.2) is 30.3 Å². The van der Waals surface area contributed by atoms with Gasteiger partial charge in [-0.3, -0.25) is 0 Å². The number of hydrogen-bond acceptors (Lipinski definition) is 3. The van der Waals surface area contributed by atoms with Gasteiger partial charge in [0.1, 0.15) is 5.60 Å². The molecule has 3 nitrogen and oxygen atoms in total. The summed E-state index contributed by atoms with van der Waals surface area (Å²) in [6.45, 7) is 4.60. The Hall–Kier alpha value is -1.35. The lowest BCUT2D eigenvalue weighted by atomic mass is 9.93. The first-order valence-corrected chi connectivity index (χ1v) is 6.64. The molecule has 1 heterocycles. The van der Waals surface area contributed by atoms with Gasteiger partial charge in [-0.05, 0) is 18.4 Å². The lowest BCUT2D eigenvalue weighted by Crippen LogP contribution is -2.21. The maximum atomic E-state index is 11.9. The minimum atomic E-state index is -0.454. The van der Waals surface area contributed by atoms with E-state index in [1.54, 1.807) is 0 Å². The summed E-state index contributed by atoms with van der Waals surface area (Å²) in [6, 6.07) is 9.90. The molecule has 18 heavy (non-hydrogen) atoms. The maximum absolute atomic E-state index is 11.9. The van der Waals surface area contributed by atoms with E-state index in [2.05, 4.69) is 6.92 Å². The summed E-state index contributed by atoms with van der Waals surface area (Å²) in [4.78, 5) is 11.9. The number of hydrogen-bond donors (Lipinski definition) is 0. The van der Waals surface area contributed by atoms with Gasteiger partial charge in [0, 0.05) is 0 Å². The zero-order chi connectivity index (χ0) is 13.0. The van der Waals surface area contributed by atoms with Crippen LogP contribution in [0.3, 0.4) is 0 Å². The summed E-state index contributed by atoms with van der Waals surface area (Å²) in [5.74, 6) is -0.228. The van der Waals surface area contributed by atoms with E-state index in [0.29, 0.717) is 6.61 Å². The Balaban J connectivity index is 1.99. The van der Waals surface area contributed by atoms with Crippen molar-refractivity contribution in [3.05, 3.63) is 35.9 Å². The fraction of sp³-hybridized carbons (Fsp3) is 0.533. The second kappa shape index (κ2) is 5.53. The minimum Gasteiger partial charge on any atom is -0.464 e. The number of ether oxygens (including phenoxy) is 2. The molecule has 0 saturated carbocycles. The predicted octanol–water partition coefficient (Wildman–Crippen LogP) is 3.03. The highest BCUT2D eigenvalue weighted by molar-refractivity contribution is 5.80. The standard InChI is InChI=1S/C15H20O3/c1-3-5-11-17-14(16)13-15(4-2,18-13)12-9-7-6-8-10-12/h6-10,13H,3-5,11H2,1-2H3/t13-,15+/m0/s1. The molecule has 0 spiro atoms. The van der Waals surface area contributed by atoms with Crippen molar-refractivity contribution in [1.82, 2.24) is 0 Å². The van der Waals surface area contributed by atoms with Gasteiger partial charge in [0.05, 0.1) is 6.61 Å². The molecule has 2 atom stereocenters. The molecule has 1 saturated heterocycles. The van der Waals surface area contributed by atoms with E-state index in [-0.39, 0.29) is 5.97 Å². The molecular formula is C15H20O3. The van der Waals surface area contributed by atoms with Crippen LogP contribution in [0, 0.1) is 0 Å². The highest BCUT2D eigenvalue weighted by atomic mass is 16.7. The number of rotatable bonds is 6. The third-order valence-electron chi connectivity index (χ3n) is 3.44. The second-order valence-electron chi connectivity index (χ2n) is 4.63. The van der Waals surface area contributed by atoms with Gasteiger partial charge in [0.2, 0.25) is 0 Å². The van der Waals surface area contributed by atoms with Gasteiger partial charge in [-0.15, -0.1) is 0 Å². The number of unbranched alkanes of at least 4 members (excludes halogenated alkanes) is 1. The fourth-order valence-electron chi connectivity index (χ4n) is 2.22. The van der Waals surface area contributed by atoms with Crippen molar-refractivity contribution in [1.29, 1.82) is 0 Å². The molecule has 2 rings (SSSR count). The van der Waals surface area contributed by atoms with E-state index in [9.17, 15) is 4.79 Å². The maximum Gasteiger partial charge on any atom is 0.338 e. The molecule has 1 aliphatic rings. The Kier molecular flexibility index (Phi) is 4.02. The Morgan fingerprint density at radius 1 is 1.33 bits per heavy atom. The molecule has 0 unspecified atom stereocenters. The topological polar surface area (TPSA) is 38.8 Å². The van der Waals surface area contributed by atoms with Crippen molar-refractivity contribution >= 4 is 5.97 Å². The van der Waals surface area contributed by atoms with Gasteiger partial charge >= 0.3 is 5.97 Å². The molecule has 0 N–H and O–H groups in total. The average Bonchev–Trinajstić information content (AvgIpc) is 3.16. The van der Waals surface area contributed by atoms with Gasteiger partial charge < -0.3 is 9.47 Å². The van der Waals surface area contributed by atoms with E-state index in [4.69, 9.17) is 9.47 Å². The number of carbonyl (C=O) groups is 1. The highest BCUT2D eigenvalue weighted by Crippen LogP contribution is 2.49. The third kappa shape index (κ3) is 2.41. The van der Waals surface area contributed by atoms with Gasteiger partial charge in [-0.2, -0.15) is 0 Å². The largest absolute Gasteiger partial charge is 0.464 e. The van der Waals surface area contributed by atoms with Crippen LogP contribution in [0.25, 0.3) is 0 Å². The Labute approximate surface area is 108 Å². The number of carbonyl (C=O) groups excluding carboxylic acids is 1. The van der Waals surface area contributed by atoms with Crippen molar-refractivity contribution < 1.29 is 14.3 Å². The molecule has 0 aliphatic carbocycles. The molecule has 98 valence electrons. The smallest absolute Gasteiger partial charge is 0.338 e. The van der Waals surface area contributed by atoms with Crippen molar-refractivity contribution in [2.75, 3.05) is 6.61 Å². The molecule has 0 amide bonds. The van der Waals surface area contributed by atoms with Crippen LogP contribution >= 0.6 is 0 Å². The fourth-order valence-corrected chi connectivity index (χ4v) is 2.22. The van der Waals surface area contributed by atoms with E-state index in [1.165, 1.54) is 0 Å². The zero-order valence-corrected chi connectivity index (χ0v) is 11.0. The molecule has 0 bridgehead atoms.